The quantitative estimate of drug-likeness (QED) is 0.594. The fraction of sp³-hybridized carbons (Fsp3) is 0.583. The Bertz CT molecular complexity index is 446. The van der Waals surface area contributed by atoms with Gasteiger partial charge in [0.05, 0.1) is 11.8 Å². The van der Waals surface area contributed by atoms with E-state index in [1.807, 2.05) is 0 Å². The molecule has 1 saturated carbocycles. The minimum absolute atomic E-state index is 0.181. The fourth-order valence-electron chi connectivity index (χ4n) is 2.14. The minimum Gasteiger partial charge on any atom is -0.393 e. The van der Waals surface area contributed by atoms with Crippen molar-refractivity contribution in [2.45, 2.75) is 43.9 Å². The number of aliphatic hydroxyl groups is 2. The largest absolute Gasteiger partial charge is 0.393 e. The zero-order chi connectivity index (χ0) is 13.8. The zero-order valence-electron chi connectivity index (χ0n) is 10.5. The first-order valence-electron chi connectivity index (χ1n) is 6.31. The SMILES string of the molecule is NC(=O)C(O)c1ccnc(NC2CCC(O)CC2)n1. The second-order valence-electron chi connectivity index (χ2n) is 4.76. The molecule has 5 N–H and O–H groups in total. The van der Waals surface area contributed by atoms with Gasteiger partial charge in [-0.1, -0.05) is 0 Å². The zero-order valence-corrected chi connectivity index (χ0v) is 10.5. The van der Waals surface area contributed by atoms with E-state index in [0.29, 0.717) is 5.95 Å². The number of carbonyl (C=O) groups excluding carboxylic acids is 1. The number of hydrogen-bond donors (Lipinski definition) is 4. The second-order valence-corrected chi connectivity index (χ2v) is 4.76. The van der Waals surface area contributed by atoms with Gasteiger partial charge in [-0.05, 0) is 31.7 Å². The molecular formula is C12H18N4O3. The highest BCUT2D eigenvalue weighted by Crippen LogP contribution is 2.21. The number of nitrogens with zero attached hydrogens (tertiary/aromatic N) is 2. The van der Waals surface area contributed by atoms with Crippen LogP contribution in [0.3, 0.4) is 0 Å². The van der Waals surface area contributed by atoms with Crippen LogP contribution in [0.15, 0.2) is 12.3 Å². The Morgan fingerprint density at radius 2 is 2.11 bits per heavy atom. The van der Waals surface area contributed by atoms with Crippen LogP contribution < -0.4 is 11.1 Å². The molecule has 2 rings (SSSR count). The molecule has 1 unspecified atom stereocenters. The van der Waals surface area contributed by atoms with E-state index in [9.17, 15) is 15.0 Å². The summed E-state index contributed by atoms with van der Waals surface area (Å²) in [6.45, 7) is 0. The monoisotopic (exact) mass is 266 g/mol. The first-order chi connectivity index (χ1) is 9.06. The molecule has 1 amide bonds. The number of carbonyl (C=O) groups is 1. The van der Waals surface area contributed by atoms with Gasteiger partial charge in [-0.25, -0.2) is 9.97 Å². The van der Waals surface area contributed by atoms with Crippen LogP contribution in [0, 0.1) is 0 Å². The predicted molar refractivity (Wildman–Crippen MR) is 68.1 cm³/mol. The van der Waals surface area contributed by atoms with Gasteiger partial charge in [-0.2, -0.15) is 0 Å². The third-order valence-electron chi connectivity index (χ3n) is 3.26. The molecule has 0 aliphatic heterocycles. The lowest BCUT2D eigenvalue weighted by Gasteiger charge is -2.26. The van der Waals surface area contributed by atoms with Gasteiger partial charge < -0.3 is 21.3 Å². The molecule has 0 spiro atoms. The number of amides is 1. The number of hydrogen-bond acceptors (Lipinski definition) is 6. The number of nitrogens with two attached hydrogens (primary N) is 1. The molecule has 19 heavy (non-hydrogen) atoms. The predicted octanol–water partition coefficient (Wildman–Crippen LogP) is -0.289. The Labute approximate surface area is 110 Å². The van der Waals surface area contributed by atoms with Crippen molar-refractivity contribution in [1.82, 2.24) is 9.97 Å². The molecule has 1 aliphatic carbocycles. The summed E-state index contributed by atoms with van der Waals surface area (Å²) in [6.07, 6.45) is 3.01. The van der Waals surface area contributed by atoms with Gasteiger partial charge in [0.2, 0.25) is 5.95 Å². The average Bonchev–Trinajstić information content (AvgIpc) is 2.41. The van der Waals surface area contributed by atoms with Gasteiger partial charge in [0.1, 0.15) is 0 Å². The maximum Gasteiger partial charge on any atom is 0.252 e. The standard InChI is InChI=1S/C12H18N4O3/c13-11(19)10(18)9-5-6-14-12(16-9)15-7-1-3-8(17)4-2-7/h5-8,10,17-18H,1-4H2,(H2,13,19)(H,14,15,16). The summed E-state index contributed by atoms with van der Waals surface area (Å²) in [5.74, 6) is -0.482. The van der Waals surface area contributed by atoms with E-state index in [0.717, 1.165) is 25.7 Å². The summed E-state index contributed by atoms with van der Waals surface area (Å²) in [5, 5.41) is 22.1. The molecule has 1 heterocycles. The van der Waals surface area contributed by atoms with Crippen molar-refractivity contribution in [3.63, 3.8) is 0 Å². The third-order valence-corrected chi connectivity index (χ3v) is 3.26. The summed E-state index contributed by atoms with van der Waals surface area (Å²) in [5.41, 5.74) is 5.20. The van der Waals surface area contributed by atoms with E-state index in [1.165, 1.54) is 12.3 Å². The maximum absolute atomic E-state index is 10.9. The first kappa shape index (κ1) is 13.7. The van der Waals surface area contributed by atoms with Gasteiger partial charge in [0.25, 0.3) is 5.91 Å². The van der Waals surface area contributed by atoms with Crippen molar-refractivity contribution in [2.24, 2.45) is 5.73 Å². The van der Waals surface area contributed by atoms with Crippen LogP contribution in [0.5, 0.6) is 0 Å². The number of anilines is 1. The van der Waals surface area contributed by atoms with Crippen molar-refractivity contribution in [3.8, 4) is 0 Å². The molecule has 1 fully saturated rings. The molecule has 7 heteroatoms. The van der Waals surface area contributed by atoms with E-state index >= 15 is 0 Å². The molecule has 1 aromatic heterocycles. The summed E-state index contributed by atoms with van der Waals surface area (Å²) in [7, 11) is 0. The van der Waals surface area contributed by atoms with E-state index in [-0.39, 0.29) is 17.8 Å². The molecule has 1 atom stereocenters. The molecule has 0 saturated heterocycles. The van der Waals surface area contributed by atoms with E-state index in [4.69, 9.17) is 5.73 Å². The van der Waals surface area contributed by atoms with Crippen LogP contribution >= 0.6 is 0 Å². The van der Waals surface area contributed by atoms with E-state index in [1.54, 1.807) is 0 Å². The van der Waals surface area contributed by atoms with Gasteiger partial charge in [-0.15, -0.1) is 0 Å². The molecule has 1 aromatic rings. The topological polar surface area (TPSA) is 121 Å². The van der Waals surface area contributed by atoms with Gasteiger partial charge >= 0.3 is 0 Å². The van der Waals surface area contributed by atoms with Crippen LogP contribution in [-0.2, 0) is 4.79 Å². The Balaban J connectivity index is 2.01. The van der Waals surface area contributed by atoms with Crippen molar-refractivity contribution in [1.29, 1.82) is 0 Å². The summed E-state index contributed by atoms with van der Waals surface area (Å²) >= 11 is 0. The van der Waals surface area contributed by atoms with Crippen LogP contribution in [0.25, 0.3) is 0 Å². The molecular weight excluding hydrogens is 248 g/mol. The molecule has 7 nitrogen and oxygen atoms in total. The molecule has 0 bridgehead atoms. The number of aliphatic hydroxyl groups excluding tert-OH is 2. The summed E-state index contributed by atoms with van der Waals surface area (Å²) in [4.78, 5) is 19.0. The van der Waals surface area contributed by atoms with Crippen molar-refractivity contribution < 1.29 is 15.0 Å². The number of rotatable bonds is 4. The number of nitrogens with one attached hydrogen (secondary N) is 1. The summed E-state index contributed by atoms with van der Waals surface area (Å²) in [6, 6.07) is 1.65. The van der Waals surface area contributed by atoms with Crippen molar-refractivity contribution in [2.75, 3.05) is 5.32 Å². The smallest absolute Gasteiger partial charge is 0.252 e. The lowest BCUT2D eigenvalue weighted by Crippen LogP contribution is -2.29. The highest BCUT2D eigenvalue weighted by atomic mass is 16.3. The Morgan fingerprint density at radius 1 is 1.42 bits per heavy atom. The molecule has 1 aliphatic rings. The van der Waals surface area contributed by atoms with Crippen LogP contribution in [0.4, 0.5) is 5.95 Å². The average molecular weight is 266 g/mol. The van der Waals surface area contributed by atoms with E-state index in [2.05, 4.69) is 15.3 Å². The van der Waals surface area contributed by atoms with Gasteiger partial charge in [0, 0.05) is 12.2 Å². The highest BCUT2D eigenvalue weighted by molar-refractivity contribution is 5.79. The molecule has 0 aromatic carbocycles. The Hall–Kier alpha value is -1.73. The van der Waals surface area contributed by atoms with Gasteiger partial charge in [0.15, 0.2) is 6.10 Å². The van der Waals surface area contributed by atoms with Crippen LogP contribution in [-0.4, -0.2) is 38.2 Å². The van der Waals surface area contributed by atoms with Crippen molar-refractivity contribution >= 4 is 11.9 Å². The Morgan fingerprint density at radius 3 is 2.74 bits per heavy atom. The van der Waals surface area contributed by atoms with E-state index < -0.39 is 12.0 Å². The summed E-state index contributed by atoms with van der Waals surface area (Å²) < 4.78 is 0. The van der Waals surface area contributed by atoms with Crippen molar-refractivity contribution in [3.05, 3.63) is 18.0 Å². The fourth-order valence-corrected chi connectivity index (χ4v) is 2.14. The number of aromatic nitrogens is 2. The molecule has 104 valence electrons. The Kier molecular flexibility index (Phi) is 4.28. The van der Waals surface area contributed by atoms with Crippen LogP contribution in [0.2, 0.25) is 0 Å². The lowest BCUT2D eigenvalue weighted by molar-refractivity contribution is -0.126. The third kappa shape index (κ3) is 3.62. The minimum atomic E-state index is -1.42. The number of primary amides is 1. The maximum atomic E-state index is 10.9. The second kappa shape index (κ2) is 5.94. The first-order valence-corrected chi connectivity index (χ1v) is 6.31. The van der Waals surface area contributed by atoms with Gasteiger partial charge in [-0.3, -0.25) is 4.79 Å². The highest BCUT2D eigenvalue weighted by Gasteiger charge is 2.21. The van der Waals surface area contributed by atoms with Crippen LogP contribution in [0.1, 0.15) is 37.5 Å². The normalized spacial score (nSPS) is 24.7. The lowest BCUT2D eigenvalue weighted by atomic mass is 9.93. The molecule has 0 radical (unpaired) electrons.